The van der Waals surface area contributed by atoms with E-state index in [4.69, 9.17) is 5.11 Å². The molecule has 0 atom stereocenters. The number of nitrogens with zero attached hydrogens (tertiary/aromatic N) is 1. The van der Waals surface area contributed by atoms with Crippen LogP contribution < -0.4 is 10.6 Å². The number of carboxylic acids is 1. The van der Waals surface area contributed by atoms with Crippen molar-refractivity contribution in [3.8, 4) is 0 Å². The molecule has 88 valence electrons. The van der Waals surface area contributed by atoms with Crippen molar-refractivity contribution in [1.29, 1.82) is 0 Å². The Morgan fingerprint density at radius 1 is 1.41 bits per heavy atom. The molecule has 2 heterocycles. The number of hydrogen-bond acceptors (Lipinski definition) is 5. The van der Waals surface area contributed by atoms with Crippen LogP contribution in [0.4, 0.5) is 15.5 Å². The van der Waals surface area contributed by atoms with E-state index < -0.39 is 12.0 Å². The van der Waals surface area contributed by atoms with Gasteiger partial charge >= 0.3 is 12.0 Å². The van der Waals surface area contributed by atoms with E-state index in [2.05, 4.69) is 20.3 Å². The molecule has 2 aromatic rings. The molecule has 0 radical (unpaired) electrons. The fourth-order valence-electron chi connectivity index (χ4n) is 1.11. The summed E-state index contributed by atoms with van der Waals surface area (Å²) < 4.78 is 4.53. The van der Waals surface area contributed by atoms with E-state index in [1.54, 1.807) is 5.38 Å². The van der Waals surface area contributed by atoms with Gasteiger partial charge in [0, 0.05) is 0 Å². The summed E-state index contributed by atoms with van der Waals surface area (Å²) in [7, 11) is 0. The Balaban J connectivity index is 2.03. The standard InChI is InChI=1S/C9H7N3O4S/c13-8(14)6-1-2-17-7(6)12-9(15)11-5-3-10-16-4-5/h1-4H,(H,13,14)(H2,11,12,15). The van der Waals surface area contributed by atoms with Crippen LogP contribution in [0.2, 0.25) is 0 Å². The predicted octanol–water partition coefficient (Wildman–Crippen LogP) is 2.08. The molecule has 7 nitrogen and oxygen atoms in total. The molecule has 3 N–H and O–H groups in total. The van der Waals surface area contributed by atoms with Gasteiger partial charge in [0.2, 0.25) is 0 Å². The number of carbonyl (C=O) groups is 2. The maximum Gasteiger partial charge on any atom is 0.338 e. The molecular weight excluding hydrogens is 246 g/mol. The Kier molecular flexibility index (Phi) is 3.06. The first kappa shape index (κ1) is 11.1. The lowest BCUT2D eigenvalue weighted by Gasteiger charge is -2.03. The van der Waals surface area contributed by atoms with Gasteiger partial charge in [0.1, 0.15) is 17.0 Å². The number of thiophene rings is 1. The highest BCUT2D eigenvalue weighted by atomic mass is 32.1. The third-order valence-corrected chi connectivity index (χ3v) is 2.64. The Morgan fingerprint density at radius 2 is 2.24 bits per heavy atom. The van der Waals surface area contributed by atoms with Crippen molar-refractivity contribution < 1.29 is 19.2 Å². The van der Waals surface area contributed by atoms with Crippen molar-refractivity contribution >= 4 is 34.0 Å². The minimum Gasteiger partial charge on any atom is -0.478 e. The highest BCUT2D eigenvalue weighted by Crippen LogP contribution is 2.23. The largest absolute Gasteiger partial charge is 0.478 e. The number of aromatic nitrogens is 1. The second-order valence-corrected chi connectivity index (χ2v) is 3.88. The number of hydrogen-bond donors (Lipinski definition) is 3. The van der Waals surface area contributed by atoms with Gasteiger partial charge in [0.05, 0.1) is 11.8 Å². The summed E-state index contributed by atoms with van der Waals surface area (Å²) in [5.74, 6) is -1.09. The second-order valence-electron chi connectivity index (χ2n) is 2.96. The average molecular weight is 253 g/mol. The lowest BCUT2D eigenvalue weighted by Crippen LogP contribution is -2.19. The van der Waals surface area contributed by atoms with Crippen molar-refractivity contribution in [2.24, 2.45) is 0 Å². The van der Waals surface area contributed by atoms with E-state index in [0.717, 1.165) is 11.3 Å². The molecule has 2 aromatic heterocycles. The quantitative estimate of drug-likeness (QED) is 0.776. The minimum absolute atomic E-state index is 0.0514. The molecule has 8 heteroatoms. The molecule has 0 aliphatic rings. The van der Waals surface area contributed by atoms with Crippen molar-refractivity contribution in [1.82, 2.24) is 5.16 Å². The third-order valence-electron chi connectivity index (χ3n) is 1.81. The topological polar surface area (TPSA) is 104 Å². The van der Waals surface area contributed by atoms with E-state index in [-0.39, 0.29) is 10.6 Å². The number of aromatic carboxylic acids is 1. The van der Waals surface area contributed by atoms with E-state index in [9.17, 15) is 9.59 Å². The average Bonchev–Trinajstić information content (AvgIpc) is 2.88. The fraction of sp³-hybridized carbons (Fsp3) is 0. The van der Waals surface area contributed by atoms with Gasteiger partial charge in [0.15, 0.2) is 0 Å². The molecule has 0 saturated heterocycles. The Bertz CT molecular complexity index is 534. The first-order chi connectivity index (χ1) is 8.16. The molecule has 0 aliphatic carbocycles. The zero-order chi connectivity index (χ0) is 12.3. The smallest absolute Gasteiger partial charge is 0.338 e. The summed E-state index contributed by atoms with van der Waals surface area (Å²) in [6.45, 7) is 0. The molecule has 0 aliphatic heterocycles. The maximum atomic E-state index is 11.5. The monoisotopic (exact) mass is 253 g/mol. The predicted molar refractivity (Wildman–Crippen MR) is 60.4 cm³/mol. The van der Waals surface area contributed by atoms with Crippen molar-refractivity contribution in [3.63, 3.8) is 0 Å². The molecule has 0 saturated carbocycles. The Labute approximate surface area is 99.0 Å². The van der Waals surface area contributed by atoms with Gasteiger partial charge in [-0.1, -0.05) is 5.16 Å². The van der Waals surface area contributed by atoms with Crippen molar-refractivity contribution in [2.75, 3.05) is 10.6 Å². The summed E-state index contributed by atoms with van der Waals surface area (Å²) in [5.41, 5.74) is 0.436. The molecule has 2 amide bonds. The first-order valence-corrected chi connectivity index (χ1v) is 5.33. The molecule has 0 unspecified atom stereocenters. The fourth-order valence-corrected chi connectivity index (χ4v) is 1.88. The molecular formula is C9H7N3O4S. The van der Waals surface area contributed by atoms with Gasteiger partial charge in [-0.2, -0.15) is 0 Å². The van der Waals surface area contributed by atoms with Crippen LogP contribution in [0, 0.1) is 0 Å². The van der Waals surface area contributed by atoms with Gasteiger partial charge in [0.25, 0.3) is 0 Å². The van der Waals surface area contributed by atoms with Gasteiger partial charge in [-0.3, -0.25) is 5.32 Å². The van der Waals surface area contributed by atoms with E-state index in [1.165, 1.54) is 18.5 Å². The number of carboxylic acid groups (broad SMARTS) is 1. The second kappa shape index (κ2) is 4.66. The SMILES string of the molecule is O=C(Nc1cnoc1)Nc1sccc1C(=O)O. The zero-order valence-corrected chi connectivity index (χ0v) is 9.15. The van der Waals surface area contributed by atoms with Crippen LogP contribution in [0.25, 0.3) is 0 Å². The van der Waals surface area contributed by atoms with Crippen LogP contribution >= 0.6 is 11.3 Å². The molecule has 0 aromatic carbocycles. The van der Waals surface area contributed by atoms with Crippen molar-refractivity contribution in [3.05, 3.63) is 29.5 Å². The number of nitrogens with one attached hydrogen (secondary N) is 2. The number of urea groups is 1. The maximum absolute atomic E-state index is 11.5. The lowest BCUT2D eigenvalue weighted by atomic mass is 10.3. The van der Waals surface area contributed by atoms with Crippen LogP contribution in [0.5, 0.6) is 0 Å². The van der Waals surface area contributed by atoms with Gasteiger partial charge in [-0.15, -0.1) is 11.3 Å². The van der Waals surface area contributed by atoms with Crippen LogP contribution in [0.3, 0.4) is 0 Å². The molecule has 2 rings (SSSR count). The lowest BCUT2D eigenvalue weighted by molar-refractivity contribution is 0.0698. The van der Waals surface area contributed by atoms with E-state index >= 15 is 0 Å². The van der Waals surface area contributed by atoms with Crippen LogP contribution in [-0.2, 0) is 0 Å². The highest BCUT2D eigenvalue weighted by Gasteiger charge is 2.13. The van der Waals surface area contributed by atoms with Crippen LogP contribution in [0.15, 0.2) is 28.4 Å². The number of amides is 2. The summed E-state index contributed by atoms with van der Waals surface area (Å²) in [6, 6.07) is 0.861. The van der Waals surface area contributed by atoms with Crippen LogP contribution in [0.1, 0.15) is 10.4 Å². The number of carbonyl (C=O) groups excluding carboxylic acids is 1. The number of anilines is 2. The van der Waals surface area contributed by atoms with E-state index in [0.29, 0.717) is 5.69 Å². The van der Waals surface area contributed by atoms with Crippen molar-refractivity contribution in [2.45, 2.75) is 0 Å². The van der Waals surface area contributed by atoms with Crippen LogP contribution in [-0.4, -0.2) is 22.3 Å². The summed E-state index contributed by atoms with van der Waals surface area (Å²) >= 11 is 1.13. The van der Waals surface area contributed by atoms with Gasteiger partial charge < -0.3 is 14.9 Å². The molecule has 0 spiro atoms. The normalized spacial score (nSPS) is 9.88. The summed E-state index contributed by atoms with van der Waals surface area (Å²) in [6.07, 6.45) is 2.58. The van der Waals surface area contributed by atoms with E-state index in [1.807, 2.05) is 0 Å². The summed E-state index contributed by atoms with van der Waals surface area (Å²) in [4.78, 5) is 22.3. The van der Waals surface area contributed by atoms with Gasteiger partial charge in [-0.05, 0) is 11.4 Å². The summed E-state index contributed by atoms with van der Waals surface area (Å²) in [5, 5.41) is 19.0. The molecule has 0 bridgehead atoms. The zero-order valence-electron chi connectivity index (χ0n) is 8.34. The Morgan fingerprint density at radius 3 is 2.88 bits per heavy atom. The van der Waals surface area contributed by atoms with Gasteiger partial charge in [-0.25, -0.2) is 9.59 Å². The Hall–Kier alpha value is -2.35. The first-order valence-electron chi connectivity index (χ1n) is 4.45. The molecule has 0 fully saturated rings. The highest BCUT2D eigenvalue weighted by molar-refractivity contribution is 7.14. The number of rotatable bonds is 3. The third kappa shape index (κ3) is 2.61. The molecule has 17 heavy (non-hydrogen) atoms. The minimum atomic E-state index is -1.09.